The molecule has 1 aromatic carbocycles. The highest BCUT2D eigenvalue weighted by Crippen LogP contribution is 2.50. The Morgan fingerprint density at radius 3 is 2.35 bits per heavy atom. The van der Waals surface area contributed by atoms with Crippen LogP contribution >= 0.6 is 0 Å². The van der Waals surface area contributed by atoms with Gasteiger partial charge in [0.25, 0.3) is 0 Å². The van der Waals surface area contributed by atoms with Crippen LogP contribution in [0.25, 0.3) is 0 Å². The van der Waals surface area contributed by atoms with Crippen molar-refractivity contribution in [1.82, 2.24) is 0 Å². The molecule has 0 spiro atoms. The normalized spacial score (nSPS) is 20.0. The standard InChI is InChI=1S/C12H16FNO2S/c1-8(14)12(3-4-12)9-5-10(13)7-11(6-9)17(2,15)16/h5-8H,3-4,14H2,1-2H3. The molecule has 5 heteroatoms. The molecule has 1 aliphatic rings. The highest BCUT2D eigenvalue weighted by molar-refractivity contribution is 7.90. The molecule has 1 saturated carbocycles. The Morgan fingerprint density at radius 1 is 1.35 bits per heavy atom. The maximum atomic E-state index is 13.5. The van der Waals surface area contributed by atoms with Crippen LogP contribution in [0.4, 0.5) is 4.39 Å². The molecule has 0 aliphatic heterocycles. The Bertz CT molecular complexity index is 548. The van der Waals surface area contributed by atoms with Gasteiger partial charge in [-0.3, -0.25) is 0 Å². The number of rotatable bonds is 3. The first kappa shape index (κ1) is 12.5. The van der Waals surface area contributed by atoms with Crippen LogP contribution in [0.1, 0.15) is 25.3 Å². The third-order valence-corrected chi connectivity index (χ3v) is 4.63. The van der Waals surface area contributed by atoms with Crippen LogP contribution < -0.4 is 5.73 Å². The molecule has 0 saturated heterocycles. The van der Waals surface area contributed by atoms with E-state index in [1.54, 1.807) is 6.07 Å². The van der Waals surface area contributed by atoms with E-state index in [1.807, 2.05) is 6.92 Å². The van der Waals surface area contributed by atoms with Gasteiger partial charge in [-0.2, -0.15) is 0 Å². The highest BCUT2D eigenvalue weighted by Gasteiger charge is 2.47. The Morgan fingerprint density at radius 2 is 1.94 bits per heavy atom. The lowest BCUT2D eigenvalue weighted by Gasteiger charge is -2.20. The Hall–Kier alpha value is -0.940. The van der Waals surface area contributed by atoms with Crippen molar-refractivity contribution in [3.8, 4) is 0 Å². The molecule has 94 valence electrons. The van der Waals surface area contributed by atoms with Gasteiger partial charge in [0.2, 0.25) is 0 Å². The van der Waals surface area contributed by atoms with Crippen molar-refractivity contribution in [2.24, 2.45) is 5.73 Å². The average molecular weight is 257 g/mol. The van der Waals surface area contributed by atoms with Gasteiger partial charge in [-0.05, 0) is 43.5 Å². The van der Waals surface area contributed by atoms with Crippen molar-refractivity contribution in [3.63, 3.8) is 0 Å². The molecule has 0 heterocycles. The minimum absolute atomic E-state index is 0.0272. The van der Waals surface area contributed by atoms with Crippen molar-refractivity contribution in [3.05, 3.63) is 29.6 Å². The van der Waals surface area contributed by atoms with Gasteiger partial charge in [0, 0.05) is 17.7 Å². The highest BCUT2D eigenvalue weighted by atomic mass is 32.2. The summed E-state index contributed by atoms with van der Waals surface area (Å²) in [5.41, 5.74) is 6.37. The fourth-order valence-electron chi connectivity index (χ4n) is 2.21. The van der Waals surface area contributed by atoms with Crippen LogP contribution in [0.2, 0.25) is 0 Å². The summed E-state index contributed by atoms with van der Waals surface area (Å²) in [5, 5.41) is 0. The first-order valence-electron chi connectivity index (χ1n) is 5.52. The van der Waals surface area contributed by atoms with Crippen LogP contribution in [0.5, 0.6) is 0 Å². The van der Waals surface area contributed by atoms with Gasteiger partial charge in [-0.25, -0.2) is 12.8 Å². The quantitative estimate of drug-likeness (QED) is 0.895. The van der Waals surface area contributed by atoms with Crippen LogP contribution in [-0.4, -0.2) is 20.7 Å². The van der Waals surface area contributed by atoms with Crippen LogP contribution in [0.15, 0.2) is 23.1 Å². The maximum absolute atomic E-state index is 13.5. The van der Waals surface area contributed by atoms with Gasteiger partial charge >= 0.3 is 0 Å². The predicted molar refractivity (Wildman–Crippen MR) is 64.1 cm³/mol. The second-order valence-electron chi connectivity index (χ2n) is 4.89. The number of hydrogen-bond acceptors (Lipinski definition) is 3. The number of benzene rings is 1. The minimum atomic E-state index is -3.39. The molecule has 1 unspecified atom stereocenters. The first-order valence-corrected chi connectivity index (χ1v) is 7.41. The topological polar surface area (TPSA) is 60.2 Å². The Kier molecular flexibility index (Phi) is 2.78. The summed E-state index contributed by atoms with van der Waals surface area (Å²) in [6.45, 7) is 1.87. The van der Waals surface area contributed by atoms with Gasteiger partial charge < -0.3 is 5.73 Å². The lowest BCUT2D eigenvalue weighted by Crippen LogP contribution is -2.31. The van der Waals surface area contributed by atoms with Crippen molar-refractivity contribution in [2.75, 3.05) is 6.26 Å². The molecule has 0 amide bonds. The van der Waals surface area contributed by atoms with Crippen LogP contribution in [-0.2, 0) is 15.3 Å². The van der Waals surface area contributed by atoms with E-state index in [-0.39, 0.29) is 16.4 Å². The third kappa shape index (κ3) is 2.21. The summed E-state index contributed by atoms with van der Waals surface area (Å²) in [4.78, 5) is 0.0272. The molecule has 1 fully saturated rings. The number of nitrogens with two attached hydrogens (primary N) is 1. The van der Waals surface area contributed by atoms with E-state index in [9.17, 15) is 12.8 Å². The summed E-state index contributed by atoms with van der Waals surface area (Å²) < 4.78 is 36.4. The second-order valence-corrected chi connectivity index (χ2v) is 6.91. The summed E-state index contributed by atoms with van der Waals surface area (Å²) in [6, 6.07) is 3.90. The fourth-order valence-corrected chi connectivity index (χ4v) is 2.87. The molecule has 0 radical (unpaired) electrons. The third-order valence-electron chi connectivity index (χ3n) is 3.53. The van der Waals surface area contributed by atoms with Crippen molar-refractivity contribution < 1.29 is 12.8 Å². The number of hydrogen-bond donors (Lipinski definition) is 1. The van der Waals surface area contributed by atoms with Gasteiger partial charge in [0.15, 0.2) is 9.84 Å². The molecule has 2 rings (SSSR count). The largest absolute Gasteiger partial charge is 0.327 e. The summed E-state index contributed by atoms with van der Waals surface area (Å²) in [7, 11) is -3.39. The van der Waals surface area contributed by atoms with Gasteiger partial charge in [-0.1, -0.05) is 0 Å². The lowest BCUT2D eigenvalue weighted by atomic mass is 9.89. The second kappa shape index (κ2) is 3.78. The Labute approximate surface area is 101 Å². The number of sulfone groups is 1. The average Bonchev–Trinajstić information content (AvgIpc) is 2.95. The van der Waals surface area contributed by atoms with Gasteiger partial charge in [0.05, 0.1) is 4.90 Å². The van der Waals surface area contributed by atoms with E-state index >= 15 is 0 Å². The van der Waals surface area contributed by atoms with E-state index < -0.39 is 15.7 Å². The molecule has 0 aromatic heterocycles. The molecule has 3 nitrogen and oxygen atoms in total. The monoisotopic (exact) mass is 257 g/mol. The zero-order valence-corrected chi connectivity index (χ0v) is 10.7. The van der Waals surface area contributed by atoms with Crippen LogP contribution in [0.3, 0.4) is 0 Å². The molecule has 2 N–H and O–H groups in total. The molecular weight excluding hydrogens is 241 g/mol. The predicted octanol–water partition coefficient (Wildman–Crippen LogP) is 1.61. The molecule has 1 aromatic rings. The van der Waals surface area contributed by atoms with Crippen molar-refractivity contribution in [1.29, 1.82) is 0 Å². The van der Waals surface area contributed by atoms with E-state index in [0.29, 0.717) is 5.56 Å². The first-order chi connectivity index (χ1) is 7.75. The molecular formula is C12H16FNO2S. The SMILES string of the molecule is CC(N)C1(c2cc(F)cc(S(C)(=O)=O)c2)CC1. The van der Waals surface area contributed by atoms with Gasteiger partial charge in [0.1, 0.15) is 5.82 Å². The van der Waals surface area contributed by atoms with Gasteiger partial charge in [-0.15, -0.1) is 0 Å². The van der Waals surface area contributed by atoms with Crippen LogP contribution in [0, 0.1) is 5.82 Å². The maximum Gasteiger partial charge on any atom is 0.175 e. The molecule has 0 bridgehead atoms. The molecule has 1 atom stereocenters. The smallest absolute Gasteiger partial charge is 0.175 e. The number of halogens is 1. The molecule has 1 aliphatic carbocycles. The zero-order valence-electron chi connectivity index (χ0n) is 9.90. The fraction of sp³-hybridized carbons (Fsp3) is 0.500. The van der Waals surface area contributed by atoms with Crippen molar-refractivity contribution in [2.45, 2.75) is 36.1 Å². The summed E-state index contributed by atoms with van der Waals surface area (Å²) >= 11 is 0. The lowest BCUT2D eigenvalue weighted by molar-refractivity contribution is 0.544. The van der Waals surface area contributed by atoms with E-state index in [1.165, 1.54) is 6.07 Å². The summed E-state index contributed by atoms with van der Waals surface area (Å²) in [5.74, 6) is -0.519. The van der Waals surface area contributed by atoms with E-state index in [2.05, 4.69) is 0 Å². The Balaban J connectivity index is 2.54. The van der Waals surface area contributed by atoms with Crippen molar-refractivity contribution >= 4 is 9.84 Å². The van der Waals surface area contributed by atoms with E-state index in [4.69, 9.17) is 5.73 Å². The van der Waals surface area contributed by atoms with E-state index in [0.717, 1.165) is 25.2 Å². The zero-order chi connectivity index (χ0) is 12.8. The summed E-state index contributed by atoms with van der Waals surface area (Å²) in [6.07, 6.45) is 2.85. The molecule has 17 heavy (non-hydrogen) atoms. The minimum Gasteiger partial charge on any atom is -0.327 e.